The molecule has 1 aromatic rings. The fourth-order valence-electron chi connectivity index (χ4n) is 3.14. The van der Waals surface area contributed by atoms with Crippen LogP contribution in [-0.2, 0) is 6.54 Å². The molecule has 0 saturated carbocycles. The monoisotopic (exact) mass is 319 g/mol. The van der Waals surface area contributed by atoms with E-state index < -0.39 is 0 Å². The highest BCUT2D eigenvalue weighted by atomic mass is 15.2. The predicted molar refractivity (Wildman–Crippen MR) is 97.9 cm³/mol. The maximum absolute atomic E-state index is 4.69. The summed E-state index contributed by atoms with van der Waals surface area (Å²) in [5, 5.41) is 6.73. The molecule has 0 radical (unpaired) electrons. The average Bonchev–Trinajstić information content (AvgIpc) is 3.05. The summed E-state index contributed by atoms with van der Waals surface area (Å²) in [6, 6.07) is 4.11. The van der Waals surface area contributed by atoms with E-state index in [9.17, 15) is 0 Å². The largest absolute Gasteiger partial charge is 0.357 e. The van der Waals surface area contributed by atoms with Crippen molar-refractivity contribution in [3.05, 3.63) is 24.5 Å². The van der Waals surface area contributed by atoms with Gasteiger partial charge in [-0.3, -0.25) is 4.99 Å². The molecule has 2 N–H and O–H groups in total. The van der Waals surface area contributed by atoms with Crippen LogP contribution in [0, 0.1) is 5.92 Å². The van der Waals surface area contributed by atoms with Gasteiger partial charge in [0.05, 0.1) is 0 Å². The second-order valence-corrected chi connectivity index (χ2v) is 6.51. The van der Waals surface area contributed by atoms with Crippen LogP contribution in [0.4, 0.5) is 0 Å². The number of piperidine rings is 1. The minimum absolute atomic E-state index is 0.861. The van der Waals surface area contributed by atoms with Crippen LogP contribution in [-0.4, -0.2) is 54.7 Å². The van der Waals surface area contributed by atoms with Crippen molar-refractivity contribution in [1.82, 2.24) is 20.1 Å². The summed E-state index contributed by atoms with van der Waals surface area (Å²) in [4.78, 5) is 7.29. The summed E-state index contributed by atoms with van der Waals surface area (Å²) in [5.74, 6) is 1.80. The van der Waals surface area contributed by atoms with Gasteiger partial charge >= 0.3 is 0 Å². The Hall–Kier alpha value is -1.49. The molecule has 1 aliphatic rings. The first-order chi connectivity index (χ1) is 11.3. The number of likely N-dealkylation sites (tertiary alicyclic amines) is 1. The van der Waals surface area contributed by atoms with Gasteiger partial charge in [0, 0.05) is 45.1 Å². The molecule has 0 aromatic carbocycles. The van der Waals surface area contributed by atoms with Crippen molar-refractivity contribution in [2.75, 3.05) is 39.3 Å². The Morgan fingerprint density at radius 1 is 1.22 bits per heavy atom. The molecule has 130 valence electrons. The van der Waals surface area contributed by atoms with E-state index in [-0.39, 0.29) is 0 Å². The summed E-state index contributed by atoms with van der Waals surface area (Å²) >= 11 is 0. The molecule has 5 nitrogen and oxygen atoms in total. The van der Waals surface area contributed by atoms with Crippen molar-refractivity contribution in [2.24, 2.45) is 10.9 Å². The third-order valence-corrected chi connectivity index (χ3v) is 4.32. The van der Waals surface area contributed by atoms with Crippen LogP contribution in [0.1, 0.15) is 33.1 Å². The lowest BCUT2D eigenvalue weighted by atomic mass is 10.0. The molecule has 1 fully saturated rings. The van der Waals surface area contributed by atoms with E-state index in [4.69, 9.17) is 4.99 Å². The summed E-state index contributed by atoms with van der Waals surface area (Å²) in [7, 11) is 0. The third kappa shape index (κ3) is 7.08. The van der Waals surface area contributed by atoms with Crippen LogP contribution in [0.5, 0.6) is 0 Å². The zero-order valence-corrected chi connectivity index (χ0v) is 14.8. The van der Waals surface area contributed by atoms with E-state index in [2.05, 4.69) is 58.5 Å². The molecule has 1 atom stereocenters. The molecule has 0 spiro atoms. The van der Waals surface area contributed by atoms with Gasteiger partial charge < -0.3 is 20.1 Å². The van der Waals surface area contributed by atoms with Gasteiger partial charge in [-0.15, -0.1) is 0 Å². The van der Waals surface area contributed by atoms with Crippen LogP contribution in [0.15, 0.2) is 29.5 Å². The van der Waals surface area contributed by atoms with E-state index in [1.807, 2.05) is 0 Å². The zero-order chi connectivity index (χ0) is 16.3. The fourth-order valence-corrected chi connectivity index (χ4v) is 3.14. The lowest BCUT2D eigenvalue weighted by molar-refractivity contribution is 0.183. The normalized spacial score (nSPS) is 19.7. The lowest BCUT2D eigenvalue weighted by Crippen LogP contribution is -2.39. The maximum Gasteiger partial charge on any atom is 0.191 e. The van der Waals surface area contributed by atoms with E-state index in [1.54, 1.807) is 0 Å². The number of hydrogen-bond acceptors (Lipinski definition) is 2. The van der Waals surface area contributed by atoms with Gasteiger partial charge in [0.25, 0.3) is 0 Å². The average molecular weight is 319 g/mol. The smallest absolute Gasteiger partial charge is 0.191 e. The standard InChI is InChI=1S/C18H33N5/c1-3-19-18(21-10-15-22-11-4-5-12-22)20-9-7-14-23-13-6-8-17(2)16-23/h4-5,11-12,17H,3,6-10,13-16H2,1-2H3,(H2,19,20,21). The van der Waals surface area contributed by atoms with Crippen molar-refractivity contribution < 1.29 is 0 Å². The highest BCUT2D eigenvalue weighted by molar-refractivity contribution is 5.79. The van der Waals surface area contributed by atoms with E-state index >= 15 is 0 Å². The molecular formula is C18H33N5. The molecule has 5 heteroatoms. The molecule has 0 bridgehead atoms. The molecule has 2 rings (SSSR count). The highest BCUT2D eigenvalue weighted by Gasteiger charge is 2.15. The third-order valence-electron chi connectivity index (χ3n) is 4.32. The van der Waals surface area contributed by atoms with Crippen molar-refractivity contribution in [3.8, 4) is 0 Å². The molecule has 0 aliphatic carbocycles. The topological polar surface area (TPSA) is 44.6 Å². The van der Waals surface area contributed by atoms with Crippen molar-refractivity contribution in [2.45, 2.75) is 39.7 Å². The predicted octanol–water partition coefficient (Wildman–Crippen LogP) is 2.17. The summed E-state index contributed by atoms with van der Waals surface area (Å²) in [5.41, 5.74) is 0. The van der Waals surface area contributed by atoms with Crippen molar-refractivity contribution >= 4 is 5.96 Å². The molecule has 2 heterocycles. The number of hydrogen-bond donors (Lipinski definition) is 2. The van der Waals surface area contributed by atoms with Gasteiger partial charge in [0.15, 0.2) is 5.96 Å². The van der Waals surface area contributed by atoms with Gasteiger partial charge in [-0.05, 0) is 57.3 Å². The maximum atomic E-state index is 4.69. The minimum atomic E-state index is 0.861. The van der Waals surface area contributed by atoms with E-state index in [0.717, 1.165) is 44.5 Å². The van der Waals surface area contributed by atoms with Crippen LogP contribution in [0.3, 0.4) is 0 Å². The molecule has 0 amide bonds. The number of guanidine groups is 1. The van der Waals surface area contributed by atoms with Gasteiger partial charge in [0.2, 0.25) is 0 Å². The number of aliphatic imine (C=N–C) groups is 1. The first-order valence-electron chi connectivity index (χ1n) is 9.13. The Bertz CT molecular complexity index is 440. The molecule has 1 unspecified atom stereocenters. The lowest BCUT2D eigenvalue weighted by Gasteiger charge is -2.30. The number of nitrogens with zero attached hydrogens (tertiary/aromatic N) is 3. The number of nitrogens with one attached hydrogen (secondary N) is 2. The first kappa shape index (κ1) is 17.9. The van der Waals surface area contributed by atoms with Crippen LogP contribution >= 0.6 is 0 Å². The molecule has 1 saturated heterocycles. The Kier molecular flexibility index (Phi) is 8.01. The highest BCUT2D eigenvalue weighted by Crippen LogP contribution is 2.15. The van der Waals surface area contributed by atoms with E-state index in [1.165, 1.54) is 32.5 Å². The minimum Gasteiger partial charge on any atom is -0.357 e. The second-order valence-electron chi connectivity index (χ2n) is 6.51. The fraction of sp³-hybridized carbons (Fsp3) is 0.722. The van der Waals surface area contributed by atoms with E-state index in [0.29, 0.717) is 0 Å². The van der Waals surface area contributed by atoms with Crippen LogP contribution in [0.25, 0.3) is 0 Å². The molecule has 1 aromatic heterocycles. The molecular weight excluding hydrogens is 286 g/mol. The SMILES string of the molecule is CCNC(=NCCCN1CCCC(C)C1)NCCn1cccc1. The summed E-state index contributed by atoms with van der Waals surface area (Å²) < 4.78 is 2.17. The number of aromatic nitrogens is 1. The molecule has 1 aliphatic heterocycles. The van der Waals surface area contributed by atoms with Crippen molar-refractivity contribution in [1.29, 1.82) is 0 Å². The summed E-state index contributed by atoms with van der Waals surface area (Å²) in [6.07, 6.45) is 8.07. The zero-order valence-electron chi connectivity index (χ0n) is 14.8. The number of rotatable bonds is 8. The Labute approximate surface area is 141 Å². The van der Waals surface area contributed by atoms with Crippen LogP contribution in [0.2, 0.25) is 0 Å². The first-order valence-corrected chi connectivity index (χ1v) is 9.13. The Morgan fingerprint density at radius 3 is 2.78 bits per heavy atom. The van der Waals surface area contributed by atoms with Gasteiger partial charge in [0.1, 0.15) is 0 Å². The van der Waals surface area contributed by atoms with Gasteiger partial charge in [-0.25, -0.2) is 0 Å². The van der Waals surface area contributed by atoms with Gasteiger partial charge in [-0.1, -0.05) is 6.92 Å². The Balaban J connectivity index is 1.64. The van der Waals surface area contributed by atoms with Crippen LogP contribution < -0.4 is 10.6 Å². The second kappa shape index (κ2) is 10.3. The van der Waals surface area contributed by atoms with Crippen molar-refractivity contribution in [3.63, 3.8) is 0 Å². The summed E-state index contributed by atoms with van der Waals surface area (Å²) in [6.45, 7) is 11.8. The quantitative estimate of drug-likeness (QED) is 0.438. The van der Waals surface area contributed by atoms with Gasteiger partial charge in [-0.2, -0.15) is 0 Å². The molecule has 23 heavy (non-hydrogen) atoms. The Morgan fingerprint density at radius 2 is 2.04 bits per heavy atom.